The second kappa shape index (κ2) is 5.76. The van der Waals surface area contributed by atoms with Gasteiger partial charge in [-0.15, -0.1) is 0 Å². The van der Waals surface area contributed by atoms with E-state index in [1.165, 1.54) is 6.92 Å². The number of rotatable bonds is 2. The predicted molar refractivity (Wildman–Crippen MR) is 95.0 cm³/mol. The van der Waals surface area contributed by atoms with Crippen LogP contribution in [0.4, 0.5) is 0 Å². The van der Waals surface area contributed by atoms with E-state index in [-0.39, 0.29) is 23.4 Å². The summed E-state index contributed by atoms with van der Waals surface area (Å²) in [7, 11) is 0. The molecular weight excluding hydrogens is 304 g/mol. The molecule has 4 nitrogen and oxygen atoms in total. The maximum absolute atomic E-state index is 11.8. The molecule has 0 radical (unpaired) electrons. The van der Waals surface area contributed by atoms with E-state index in [0.717, 1.165) is 22.4 Å². The van der Waals surface area contributed by atoms with E-state index in [9.17, 15) is 9.90 Å². The first-order valence-electron chi connectivity index (χ1n) is 8.47. The molecule has 0 amide bonds. The molecule has 1 atom stereocenters. The van der Waals surface area contributed by atoms with E-state index >= 15 is 0 Å². The van der Waals surface area contributed by atoms with E-state index < -0.39 is 5.60 Å². The SMILES string of the molecule is CC(=O)Oc1c(C(C)(C)C)cc2c(c1C(C)(C)C)CC(C)(CO)O2. The summed E-state index contributed by atoms with van der Waals surface area (Å²) >= 11 is 0. The number of esters is 1. The number of hydrogen-bond donors (Lipinski definition) is 1. The summed E-state index contributed by atoms with van der Waals surface area (Å²) in [4.78, 5) is 11.8. The Bertz CT molecular complexity index is 662. The summed E-state index contributed by atoms with van der Waals surface area (Å²) in [5.41, 5.74) is 1.91. The van der Waals surface area contributed by atoms with Crippen LogP contribution in [0.1, 0.15) is 72.1 Å². The van der Waals surface area contributed by atoms with Gasteiger partial charge in [-0.25, -0.2) is 0 Å². The molecule has 0 aliphatic carbocycles. The third kappa shape index (κ3) is 3.44. The van der Waals surface area contributed by atoms with Gasteiger partial charge in [0, 0.05) is 30.0 Å². The Morgan fingerprint density at radius 2 is 1.83 bits per heavy atom. The molecule has 1 unspecified atom stereocenters. The first-order chi connectivity index (χ1) is 10.8. The van der Waals surface area contributed by atoms with Crippen molar-refractivity contribution in [3.63, 3.8) is 0 Å². The highest BCUT2D eigenvalue weighted by molar-refractivity contribution is 5.72. The third-order valence-electron chi connectivity index (χ3n) is 4.39. The number of benzene rings is 1. The van der Waals surface area contributed by atoms with Crippen molar-refractivity contribution in [2.75, 3.05) is 6.61 Å². The Balaban J connectivity index is 2.83. The first-order valence-corrected chi connectivity index (χ1v) is 8.47. The molecule has 0 aromatic heterocycles. The number of carbonyl (C=O) groups is 1. The van der Waals surface area contributed by atoms with E-state index in [2.05, 4.69) is 41.5 Å². The monoisotopic (exact) mass is 334 g/mol. The third-order valence-corrected chi connectivity index (χ3v) is 4.39. The topological polar surface area (TPSA) is 55.8 Å². The van der Waals surface area contributed by atoms with Gasteiger partial charge in [0.1, 0.15) is 17.1 Å². The van der Waals surface area contributed by atoms with Gasteiger partial charge in [-0.3, -0.25) is 4.79 Å². The smallest absolute Gasteiger partial charge is 0.308 e. The van der Waals surface area contributed by atoms with Crippen LogP contribution >= 0.6 is 0 Å². The summed E-state index contributed by atoms with van der Waals surface area (Å²) in [6, 6.07) is 1.98. The summed E-state index contributed by atoms with van der Waals surface area (Å²) < 4.78 is 11.8. The summed E-state index contributed by atoms with van der Waals surface area (Å²) in [5.74, 6) is 1.11. The molecule has 1 aliphatic heterocycles. The van der Waals surface area contributed by atoms with Crippen LogP contribution in [0.3, 0.4) is 0 Å². The molecule has 0 fully saturated rings. The number of fused-ring (bicyclic) bond motifs is 1. The molecule has 24 heavy (non-hydrogen) atoms. The molecule has 1 N–H and O–H groups in total. The van der Waals surface area contributed by atoms with Crippen molar-refractivity contribution < 1.29 is 19.4 Å². The van der Waals surface area contributed by atoms with E-state index in [1.54, 1.807) is 0 Å². The lowest BCUT2D eigenvalue weighted by atomic mass is 9.76. The van der Waals surface area contributed by atoms with Crippen molar-refractivity contribution in [1.82, 2.24) is 0 Å². The zero-order valence-electron chi connectivity index (χ0n) is 16.2. The minimum absolute atomic E-state index is 0.0565. The number of carbonyl (C=O) groups excluding carboxylic acids is 1. The molecule has 1 heterocycles. The van der Waals surface area contributed by atoms with Crippen molar-refractivity contribution in [3.8, 4) is 11.5 Å². The van der Waals surface area contributed by atoms with Crippen molar-refractivity contribution in [2.45, 2.75) is 78.2 Å². The fraction of sp³-hybridized carbons (Fsp3) is 0.650. The Kier molecular flexibility index (Phi) is 4.51. The van der Waals surface area contributed by atoms with Gasteiger partial charge in [0.15, 0.2) is 0 Å². The number of ether oxygens (including phenoxy) is 2. The van der Waals surface area contributed by atoms with Gasteiger partial charge < -0.3 is 14.6 Å². The van der Waals surface area contributed by atoms with Gasteiger partial charge in [0.25, 0.3) is 0 Å². The molecular formula is C20H30O4. The summed E-state index contributed by atoms with van der Waals surface area (Å²) in [6.07, 6.45) is 0.601. The fourth-order valence-electron chi connectivity index (χ4n) is 3.31. The molecule has 0 bridgehead atoms. The van der Waals surface area contributed by atoms with Crippen LogP contribution in [0.25, 0.3) is 0 Å². The van der Waals surface area contributed by atoms with Crippen molar-refractivity contribution in [1.29, 1.82) is 0 Å². The quantitative estimate of drug-likeness (QED) is 0.658. The second-order valence-corrected chi connectivity index (χ2v) is 9.09. The van der Waals surface area contributed by atoms with Gasteiger partial charge in [-0.05, 0) is 23.8 Å². The van der Waals surface area contributed by atoms with Crippen LogP contribution < -0.4 is 9.47 Å². The van der Waals surface area contributed by atoms with E-state index in [0.29, 0.717) is 12.2 Å². The van der Waals surface area contributed by atoms with Crippen LogP contribution in [0.15, 0.2) is 6.07 Å². The van der Waals surface area contributed by atoms with Crippen LogP contribution in [-0.4, -0.2) is 23.3 Å². The minimum Gasteiger partial charge on any atom is -0.485 e. The van der Waals surface area contributed by atoms with Crippen LogP contribution in [0.5, 0.6) is 11.5 Å². The molecule has 0 spiro atoms. The predicted octanol–water partition coefficient (Wildman–Crippen LogP) is 3.89. The zero-order chi connectivity index (χ0) is 18.5. The zero-order valence-corrected chi connectivity index (χ0v) is 16.2. The molecule has 1 aromatic rings. The van der Waals surface area contributed by atoms with Gasteiger partial charge >= 0.3 is 5.97 Å². The normalized spacial score (nSPS) is 20.5. The highest BCUT2D eigenvalue weighted by Crippen LogP contribution is 2.49. The Hall–Kier alpha value is -1.55. The highest BCUT2D eigenvalue weighted by atomic mass is 16.5. The molecule has 4 heteroatoms. The van der Waals surface area contributed by atoms with E-state index in [1.807, 2.05) is 13.0 Å². The molecule has 0 saturated heterocycles. The average Bonchev–Trinajstić information content (AvgIpc) is 2.71. The molecule has 0 saturated carbocycles. The highest BCUT2D eigenvalue weighted by Gasteiger charge is 2.41. The fourth-order valence-corrected chi connectivity index (χ4v) is 3.31. The number of aliphatic hydroxyl groups is 1. The van der Waals surface area contributed by atoms with Crippen LogP contribution in [0.2, 0.25) is 0 Å². The Labute approximate surface area is 145 Å². The lowest BCUT2D eigenvalue weighted by Crippen LogP contribution is -2.34. The largest absolute Gasteiger partial charge is 0.485 e. The molecule has 1 aliphatic rings. The summed E-state index contributed by atoms with van der Waals surface area (Å²) in [6.45, 7) is 15.9. The van der Waals surface area contributed by atoms with Crippen LogP contribution in [-0.2, 0) is 22.0 Å². The average molecular weight is 334 g/mol. The second-order valence-electron chi connectivity index (χ2n) is 9.09. The number of aliphatic hydroxyl groups excluding tert-OH is 1. The summed E-state index contributed by atoms with van der Waals surface area (Å²) in [5, 5.41) is 9.72. The first kappa shape index (κ1) is 18.8. The van der Waals surface area contributed by atoms with Crippen molar-refractivity contribution in [3.05, 3.63) is 22.8 Å². The van der Waals surface area contributed by atoms with Gasteiger partial charge in [0.2, 0.25) is 0 Å². The standard InChI is InChI=1S/C20H30O4/c1-12(22)23-17-14(18(2,3)4)9-15-13(16(17)19(5,6)7)10-20(8,11-21)24-15/h9,21H,10-11H2,1-8H3. The molecule has 1 aromatic carbocycles. The Morgan fingerprint density at radius 3 is 2.25 bits per heavy atom. The van der Waals surface area contributed by atoms with Gasteiger partial charge in [-0.2, -0.15) is 0 Å². The maximum atomic E-state index is 11.8. The Morgan fingerprint density at radius 1 is 1.25 bits per heavy atom. The number of hydrogen-bond acceptors (Lipinski definition) is 4. The van der Waals surface area contributed by atoms with Crippen molar-refractivity contribution in [2.24, 2.45) is 0 Å². The van der Waals surface area contributed by atoms with Gasteiger partial charge in [0.05, 0.1) is 6.61 Å². The lowest BCUT2D eigenvalue weighted by molar-refractivity contribution is -0.132. The van der Waals surface area contributed by atoms with Crippen LogP contribution in [0, 0.1) is 0 Å². The molecule has 2 rings (SSSR count). The lowest BCUT2D eigenvalue weighted by Gasteiger charge is -2.30. The minimum atomic E-state index is -0.633. The maximum Gasteiger partial charge on any atom is 0.308 e. The van der Waals surface area contributed by atoms with Gasteiger partial charge in [-0.1, -0.05) is 41.5 Å². The van der Waals surface area contributed by atoms with Crippen molar-refractivity contribution >= 4 is 5.97 Å². The van der Waals surface area contributed by atoms with E-state index in [4.69, 9.17) is 9.47 Å². The molecule has 134 valence electrons.